The Bertz CT molecular complexity index is 685. The molecule has 0 heterocycles. The van der Waals surface area contributed by atoms with Crippen molar-refractivity contribution in [3.05, 3.63) is 39.9 Å². The number of carbonyl (C=O) groups excluding carboxylic acids is 1. The van der Waals surface area contributed by atoms with Crippen LogP contribution in [0.4, 0.5) is 5.69 Å². The number of nitrogens with one attached hydrogen (secondary N) is 1. The highest BCUT2D eigenvalue weighted by Gasteiger charge is 2.82. The molecule has 0 radical (unpaired) electrons. The number of carbonyl (C=O) groups is 1. The summed E-state index contributed by atoms with van der Waals surface area (Å²) in [5.74, 6) is -0.291. The van der Waals surface area contributed by atoms with Gasteiger partial charge in [0, 0.05) is 23.0 Å². The first-order valence-corrected chi connectivity index (χ1v) is 7.49. The lowest BCUT2D eigenvalue weighted by molar-refractivity contribution is -0.384. The summed E-state index contributed by atoms with van der Waals surface area (Å²) in [4.78, 5) is 22.9. The van der Waals surface area contributed by atoms with E-state index in [1.165, 1.54) is 12.1 Å². The van der Waals surface area contributed by atoms with E-state index in [-0.39, 0.29) is 17.6 Å². The van der Waals surface area contributed by atoms with Gasteiger partial charge in [-0.15, -0.1) is 0 Å². The van der Waals surface area contributed by atoms with Crippen LogP contribution < -0.4 is 5.32 Å². The van der Waals surface area contributed by atoms with Gasteiger partial charge in [-0.1, -0.05) is 39.8 Å². The lowest BCUT2D eigenvalue weighted by Crippen LogP contribution is -2.37. The normalized spacial score (nSPS) is 20.9. The molecule has 0 unspecified atom stereocenters. The van der Waals surface area contributed by atoms with Crippen molar-refractivity contribution in [1.82, 2.24) is 5.32 Å². The first-order valence-electron chi connectivity index (χ1n) is 7.49. The van der Waals surface area contributed by atoms with Gasteiger partial charge in [-0.25, -0.2) is 0 Å². The summed E-state index contributed by atoms with van der Waals surface area (Å²) in [5, 5.41) is 23.2. The van der Waals surface area contributed by atoms with Crippen LogP contribution in [-0.4, -0.2) is 10.8 Å². The van der Waals surface area contributed by atoms with Gasteiger partial charge >= 0.3 is 0 Å². The van der Waals surface area contributed by atoms with E-state index in [2.05, 4.69) is 11.4 Å². The Balaban J connectivity index is 2.18. The molecular formula is C17H21N3O3. The molecule has 1 N–H and O–H groups in total. The maximum absolute atomic E-state index is 12.7. The standard InChI is InChI=1S/C17H21N3O3/c1-11(12-6-8-13(9-7-12)20(22)23)19-14(21)17(10-18)15(2,3)16(17,4)5/h6-9,11H,1-5H3,(H,19,21)/t11-/m1/s1. The van der Waals surface area contributed by atoms with Gasteiger partial charge in [-0.2, -0.15) is 5.26 Å². The summed E-state index contributed by atoms with van der Waals surface area (Å²) in [6.45, 7) is 9.49. The monoisotopic (exact) mass is 315 g/mol. The highest BCUT2D eigenvalue weighted by atomic mass is 16.6. The Labute approximate surface area is 135 Å². The highest BCUT2D eigenvalue weighted by Crippen LogP contribution is 2.77. The molecule has 1 amide bonds. The van der Waals surface area contributed by atoms with E-state index in [0.717, 1.165) is 5.56 Å². The Kier molecular flexibility index (Phi) is 3.72. The van der Waals surface area contributed by atoms with E-state index in [4.69, 9.17) is 0 Å². The average Bonchev–Trinajstić information content (AvgIpc) is 2.84. The minimum absolute atomic E-state index is 0.00484. The Morgan fingerprint density at radius 3 is 2.04 bits per heavy atom. The van der Waals surface area contributed by atoms with E-state index in [0.29, 0.717) is 0 Å². The number of nitrogens with zero attached hydrogens (tertiary/aromatic N) is 2. The lowest BCUT2D eigenvalue weighted by Gasteiger charge is -2.19. The fourth-order valence-electron chi connectivity index (χ4n) is 3.48. The van der Waals surface area contributed by atoms with Gasteiger partial charge in [0.15, 0.2) is 0 Å². The Morgan fingerprint density at radius 1 is 1.22 bits per heavy atom. The number of nitro groups is 1. The van der Waals surface area contributed by atoms with E-state index in [9.17, 15) is 20.2 Å². The van der Waals surface area contributed by atoms with Crippen LogP contribution in [0.25, 0.3) is 0 Å². The number of amides is 1. The van der Waals surface area contributed by atoms with Crippen LogP contribution >= 0.6 is 0 Å². The van der Waals surface area contributed by atoms with Gasteiger partial charge in [0.05, 0.1) is 17.0 Å². The van der Waals surface area contributed by atoms with Gasteiger partial charge in [-0.3, -0.25) is 14.9 Å². The smallest absolute Gasteiger partial charge is 0.269 e. The molecule has 1 atom stereocenters. The molecule has 122 valence electrons. The molecule has 1 fully saturated rings. The van der Waals surface area contributed by atoms with Gasteiger partial charge in [0.2, 0.25) is 5.91 Å². The molecule has 1 aromatic rings. The van der Waals surface area contributed by atoms with Crippen molar-refractivity contribution in [2.45, 2.75) is 40.7 Å². The molecule has 0 spiro atoms. The third-order valence-electron chi connectivity index (χ3n) is 5.83. The second kappa shape index (κ2) is 5.05. The third kappa shape index (κ3) is 2.11. The minimum Gasteiger partial charge on any atom is -0.348 e. The Hall–Kier alpha value is -2.42. The fourth-order valence-corrected chi connectivity index (χ4v) is 3.48. The number of benzene rings is 1. The van der Waals surface area contributed by atoms with E-state index in [1.807, 2.05) is 27.7 Å². The maximum atomic E-state index is 12.7. The molecule has 2 rings (SSSR count). The van der Waals surface area contributed by atoms with Crippen LogP contribution in [0.2, 0.25) is 0 Å². The molecule has 6 heteroatoms. The van der Waals surface area contributed by atoms with Crippen molar-refractivity contribution in [2.75, 3.05) is 0 Å². The van der Waals surface area contributed by atoms with E-state index < -0.39 is 21.2 Å². The number of nitro benzene ring substituents is 1. The van der Waals surface area contributed by atoms with Gasteiger partial charge in [0.1, 0.15) is 5.41 Å². The van der Waals surface area contributed by atoms with Crippen molar-refractivity contribution in [2.24, 2.45) is 16.2 Å². The summed E-state index contributed by atoms with van der Waals surface area (Å²) in [6, 6.07) is 7.92. The number of hydrogen-bond acceptors (Lipinski definition) is 4. The van der Waals surface area contributed by atoms with Crippen molar-refractivity contribution >= 4 is 11.6 Å². The summed E-state index contributed by atoms with van der Waals surface area (Å²) < 4.78 is 0. The van der Waals surface area contributed by atoms with Gasteiger partial charge in [-0.05, 0) is 12.5 Å². The first-order chi connectivity index (χ1) is 10.5. The van der Waals surface area contributed by atoms with E-state index in [1.54, 1.807) is 19.1 Å². The molecule has 1 saturated carbocycles. The molecule has 0 aromatic heterocycles. The van der Waals surface area contributed by atoms with Crippen molar-refractivity contribution in [1.29, 1.82) is 5.26 Å². The van der Waals surface area contributed by atoms with Crippen LogP contribution in [-0.2, 0) is 4.79 Å². The summed E-state index contributed by atoms with van der Waals surface area (Å²) in [7, 11) is 0. The molecule has 1 aromatic carbocycles. The Morgan fingerprint density at radius 2 is 1.70 bits per heavy atom. The topological polar surface area (TPSA) is 96.0 Å². The SMILES string of the molecule is C[C@@H](NC(=O)C1(C#N)C(C)(C)C1(C)C)c1ccc([N+](=O)[O-])cc1. The van der Waals surface area contributed by atoms with Crippen LogP contribution in [0.3, 0.4) is 0 Å². The molecule has 0 saturated heterocycles. The zero-order valence-electron chi connectivity index (χ0n) is 14.0. The van der Waals surface area contributed by atoms with Gasteiger partial charge < -0.3 is 5.32 Å². The third-order valence-corrected chi connectivity index (χ3v) is 5.83. The predicted molar refractivity (Wildman–Crippen MR) is 85.3 cm³/mol. The zero-order valence-corrected chi connectivity index (χ0v) is 14.0. The number of nitriles is 1. The van der Waals surface area contributed by atoms with Crippen molar-refractivity contribution in [3.8, 4) is 6.07 Å². The second-order valence-electron chi connectivity index (χ2n) is 7.16. The molecule has 0 bridgehead atoms. The van der Waals surface area contributed by atoms with E-state index >= 15 is 0 Å². The number of rotatable bonds is 4. The molecule has 1 aliphatic rings. The maximum Gasteiger partial charge on any atom is 0.269 e. The summed E-state index contributed by atoms with van der Waals surface area (Å²) in [5.41, 5.74) is -1.12. The average molecular weight is 315 g/mol. The first kappa shape index (κ1) is 16.9. The molecular weight excluding hydrogens is 294 g/mol. The molecule has 23 heavy (non-hydrogen) atoms. The van der Waals surface area contributed by atoms with Crippen molar-refractivity contribution < 1.29 is 9.72 Å². The minimum atomic E-state index is -1.06. The van der Waals surface area contributed by atoms with Crippen LogP contribution in [0.1, 0.15) is 46.2 Å². The number of non-ortho nitro benzene ring substituents is 1. The predicted octanol–water partition coefficient (Wildman–Crippen LogP) is 3.35. The van der Waals surface area contributed by atoms with Crippen LogP contribution in [0.15, 0.2) is 24.3 Å². The quantitative estimate of drug-likeness (QED) is 0.680. The van der Waals surface area contributed by atoms with Crippen molar-refractivity contribution in [3.63, 3.8) is 0 Å². The zero-order chi connectivity index (χ0) is 17.6. The molecule has 0 aliphatic heterocycles. The fraction of sp³-hybridized carbons (Fsp3) is 0.529. The number of hydrogen-bond donors (Lipinski definition) is 1. The van der Waals surface area contributed by atoms with Crippen LogP contribution in [0, 0.1) is 37.7 Å². The summed E-state index contributed by atoms with van der Waals surface area (Å²) in [6.07, 6.45) is 0. The van der Waals surface area contributed by atoms with Crippen LogP contribution in [0.5, 0.6) is 0 Å². The lowest BCUT2D eigenvalue weighted by atomic mass is 9.94. The van der Waals surface area contributed by atoms with Gasteiger partial charge in [0.25, 0.3) is 5.69 Å². The molecule has 6 nitrogen and oxygen atoms in total. The highest BCUT2D eigenvalue weighted by molar-refractivity contribution is 5.92. The largest absolute Gasteiger partial charge is 0.348 e. The second-order valence-corrected chi connectivity index (χ2v) is 7.16. The molecule has 1 aliphatic carbocycles. The summed E-state index contributed by atoms with van der Waals surface area (Å²) >= 11 is 0.